The molecule has 2 aromatic rings. The molecule has 6 heteroatoms. The van der Waals surface area contributed by atoms with E-state index in [-0.39, 0.29) is 5.91 Å². The number of anilines is 1. The van der Waals surface area contributed by atoms with Crippen LogP contribution in [0.1, 0.15) is 17.7 Å². The van der Waals surface area contributed by atoms with Gasteiger partial charge < -0.3 is 16.0 Å². The Kier molecular flexibility index (Phi) is 3.12. The van der Waals surface area contributed by atoms with E-state index in [2.05, 4.69) is 37.3 Å². The average Bonchev–Trinajstić information content (AvgIpc) is 2.79. The molecule has 0 bridgehead atoms. The zero-order valence-corrected chi connectivity index (χ0v) is 11.8. The van der Waals surface area contributed by atoms with Crippen LogP contribution >= 0.6 is 15.9 Å². The number of nitrogens with two attached hydrogens (primary N) is 1. The maximum Gasteiger partial charge on any atom is 0.224 e. The molecule has 19 heavy (non-hydrogen) atoms. The van der Waals surface area contributed by atoms with E-state index in [9.17, 15) is 4.79 Å². The van der Waals surface area contributed by atoms with Gasteiger partial charge in [0.15, 0.2) is 4.73 Å². The topological polar surface area (TPSA) is 83.8 Å². The number of hydrogen-bond acceptors (Lipinski definition) is 3. The number of imidazole rings is 1. The number of hydrogen-bond donors (Lipinski definition) is 3. The van der Waals surface area contributed by atoms with Crippen molar-refractivity contribution in [1.29, 1.82) is 0 Å². The van der Waals surface area contributed by atoms with Gasteiger partial charge in [0.05, 0.1) is 11.4 Å². The van der Waals surface area contributed by atoms with Crippen molar-refractivity contribution in [2.75, 3.05) is 5.32 Å². The molecule has 1 aromatic carbocycles. The molecule has 1 aliphatic rings. The van der Waals surface area contributed by atoms with E-state index >= 15 is 0 Å². The summed E-state index contributed by atoms with van der Waals surface area (Å²) in [7, 11) is 0. The number of nitrogens with one attached hydrogen (secondary N) is 2. The van der Waals surface area contributed by atoms with Gasteiger partial charge in [-0.05, 0) is 40.0 Å². The molecule has 0 radical (unpaired) electrons. The molecule has 5 nitrogen and oxygen atoms in total. The SMILES string of the molecule is NCc1[nH]c(Br)nc1-c1ccc2c(c1)CCC(=O)N2. The highest BCUT2D eigenvalue weighted by Gasteiger charge is 2.17. The fourth-order valence-electron chi connectivity index (χ4n) is 2.29. The van der Waals surface area contributed by atoms with Crippen LogP contribution in [-0.4, -0.2) is 15.9 Å². The van der Waals surface area contributed by atoms with Crippen LogP contribution in [0.4, 0.5) is 5.69 Å². The largest absolute Gasteiger partial charge is 0.335 e. The minimum Gasteiger partial charge on any atom is -0.335 e. The summed E-state index contributed by atoms with van der Waals surface area (Å²) in [5.41, 5.74) is 10.5. The number of fused-ring (bicyclic) bond motifs is 1. The van der Waals surface area contributed by atoms with Crippen molar-refractivity contribution in [2.24, 2.45) is 5.73 Å². The summed E-state index contributed by atoms with van der Waals surface area (Å²) < 4.78 is 0.675. The van der Waals surface area contributed by atoms with Crippen LogP contribution < -0.4 is 11.1 Å². The summed E-state index contributed by atoms with van der Waals surface area (Å²) in [5.74, 6) is 0.0745. The summed E-state index contributed by atoms with van der Waals surface area (Å²) in [6, 6.07) is 5.94. The molecule has 0 saturated carbocycles. The number of aryl methyl sites for hydroxylation is 1. The van der Waals surface area contributed by atoms with Crippen molar-refractivity contribution < 1.29 is 4.79 Å². The highest BCUT2D eigenvalue weighted by Crippen LogP contribution is 2.30. The second kappa shape index (κ2) is 4.79. The number of benzene rings is 1. The lowest BCUT2D eigenvalue weighted by molar-refractivity contribution is -0.116. The van der Waals surface area contributed by atoms with Crippen LogP contribution in [0.25, 0.3) is 11.3 Å². The molecule has 0 aliphatic carbocycles. The van der Waals surface area contributed by atoms with Crippen molar-refractivity contribution in [2.45, 2.75) is 19.4 Å². The Morgan fingerprint density at radius 2 is 2.21 bits per heavy atom. The number of carbonyl (C=O) groups is 1. The molecule has 1 aliphatic heterocycles. The summed E-state index contributed by atoms with van der Waals surface area (Å²) >= 11 is 3.32. The fourth-order valence-corrected chi connectivity index (χ4v) is 2.71. The smallest absolute Gasteiger partial charge is 0.224 e. The van der Waals surface area contributed by atoms with Crippen molar-refractivity contribution in [3.05, 3.63) is 34.2 Å². The number of amides is 1. The average molecular weight is 321 g/mol. The number of halogens is 1. The Bertz CT molecular complexity index is 650. The van der Waals surface area contributed by atoms with E-state index in [0.29, 0.717) is 17.7 Å². The molecule has 1 aromatic heterocycles. The van der Waals surface area contributed by atoms with E-state index < -0.39 is 0 Å². The summed E-state index contributed by atoms with van der Waals surface area (Å²) in [6.45, 7) is 0.405. The molecular weight excluding hydrogens is 308 g/mol. The van der Waals surface area contributed by atoms with Gasteiger partial charge in [0.25, 0.3) is 0 Å². The van der Waals surface area contributed by atoms with E-state index in [1.807, 2.05) is 12.1 Å². The second-order valence-corrected chi connectivity index (χ2v) is 5.23. The minimum absolute atomic E-state index is 0.0745. The Hall–Kier alpha value is -1.66. The number of rotatable bonds is 2. The number of H-pyrrole nitrogens is 1. The van der Waals surface area contributed by atoms with Crippen molar-refractivity contribution >= 4 is 27.5 Å². The van der Waals surface area contributed by atoms with E-state index in [4.69, 9.17) is 5.73 Å². The molecule has 0 fully saturated rings. The predicted molar refractivity (Wildman–Crippen MR) is 76.6 cm³/mol. The third-order valence-corrected chi connectivity index (χ3v) is 3.60. The van der Waals surface area contributed by atoms with E-state index in [1.54, 1.807) is 0 Å². The maximum absolute atomic E-state index is 11.3. The molecule has 0 unspecified atom stereocenters. The quantitative estimate of drug-likeness (QED) is 0.793. The highest BCUT2D eigenvalue weighted by atomic mass is 79.9. The fraction of sp³-hybridized carbons (Fsp3) is 0.231. The van der Waals surface area contributed by atoms with Crippen LogP contribution in [0.5, 0.6) is 0 Å². The molecule has 4 N–H and O–H groups in total. The summed E-state index contributed by atoms with van der Waals surface area (Å²) in [4.78, 5) is 18.8. The van der Waals surface area contributed by atoms with Crippen molar-refractivity contribution in [3.63, 3.8) is 0 Å². The van der Waals surface area contributed by atoms with Gasteiger partial charge in [0, 0.05) is 24.2 Å². The van der Waals surface area contributed by atoms with Gasteiger partial charge in [-0.1, -0.05) is 6.07 Å². The van der Waals surface area contributed by atoms with Crippen LogP contribution in [0.2, 0.25) is 0 Å². The number of carbonyl (C=O) groups excluding carboxylic acids is 1. The molecule has 3 rings (SSSR count). The molecule has 98 valence electrons. The number of aromatic nitrogens is 2. The first-order valence-electron chi connectivity index (χ1n) is 6.05. The molecule has 0 atom stereocenters. The van der Waals surface area contributed by atoms with Crippen LogP contribution in [0, 0.1) is 0 Å². The van der Waals surface area contributed by atoms with Gasteiger partial charge in [-0.2, -0.15) is 0 Å². The summed E-state index contributed by atoms with van der Waals surface area (Å²) in [6.07, 6.45) is 1.29. The molecular formula is C13H13BrN4O. The Labute approximate surface area is 118 Å². The minimum atomic E-state index is 0.0745. The lowest BCUT2D eigenvalue weighted by Crippen LogP contribution is -2.18. The Morgan fingerprint density at radius 3 is 3.00 bits per heavy atom. The van der Waals surface area contributed by atoms with Gasteiger partial charge in [0.2, 0.25) is 5.91 Å². The third-order valence-electron chi connectivity index (χ3n) is 3.23. The van der Waals surface area contributed by atoms with Gasteiger partial charge in [-0.25, -0.2) is 4.98 Å². The van der Waals surface area contributed by atoms with Crippen molar-refractivity contribution in [3.8, 4) is 11.3 Å². The van der Waals surface area contributed by atoms with E-state index in [0.717, 1.165) is 34.6 Å². The number of aromatic amines is 1. The van der Waals surface area contributed by atoms with Crippen LogP contribution in [0.15, 0.2) is 22.9 Å². The number of nitrogens with zero attached hydrogens (tertiary/aromatic N) is 1. The van der Waals surface area contributed by atoms with Crippen LogP contribution in [-0.2, 0) is 17.8 Å². The second-order valence-electron chi connectivity index (χ2n) is 4.48. The first kappa shape index (κ1) is 12.4. The Balaban J connectivity index is 2.04. The van der Waals surface area contributed by atoms with Crippen molar-refractivity contribution in [1.82, 2.24) is 9.97 Å². The predicted octanol–water partition coefficient (Wildman–Crippen LogP) is 2.18. The molecule has 1 amide bonds. The van der Waals surface area contributed by atoms with Crippen LogP contribution in [0.3, 0.4) is 0 Å². The van der Waals surface area contributed by atoms with Gasteiger partial charge in [-0.3, -0.25) is 4.79 Å². The standard InChI is InChI=1S/C13H13BrN4O/c14-13-17-10(6-15)12(18-13)8-1-3-9-7(5-8)2-4-11(19)16-9/h1,3,5H,2,4,6,15H2,(H,16,19)(H,17,18). The first-order chi connectivity index (χ1) is 9.17. The highest BCUT2D eigenvalue weighted by molar-refractivity contribution is 9.10. The first-order valence-corrected chi connectivity index (χ1v) is 6.84. The lowest BCUT2D eigenvalue weighted by atomic mass is 9.98. The summed E-state index contributed by atoms with van der Waals surface area (Å²) in [5, 5.41) is 2.87. The normalized spacial score (nSPS) is 14.1. The van der Waals surface area contributed by atoms with Gasteiger partial charge in [-0.15, -0.1) is 0 Å². The monoisotopic (exact) mass is 320 g/mol. The Morgan fingerprint density at radius 1 is 1.37 bits per heavy atom. The molecule has 0 saturated heterocycles. The lowest BCUT2D eigenvalue weighted by Gasteiger charge is -2.17. The van der Waals surface area contributed by atoms with Gasteiger partial charge in [0.1, 0.15) is 0 Å². The maximum atomic E-state index is 11.3. The molecule has 2 heterocycles. The van der Waals surface area contributed by atoms with E-state index in [1.165, 1.54) is 0 Å². The zero-order chi connectivity index (χ0) is 13.4. The third kappa shape index (κ3) is 2.29. The molecule has 0 spiro atoms. The zero-order valence-electron chi connectivity index (χ0n) is 10.2. The van der Waals surface area contributed by atoms with Gasteiger partial charge >= 0.3 is 0 Å².